The van der Waals surface area contributed by atoms with Gasteiger partial charge in [0.1, 0.15) is 0 Å². The highest BCUT2D eigenvalue weighted by atomic mass is 16.5. The fourth-order valence-corrected chi connectivity index (χ4v) is 3.24. The van der Waals surface area contributed by atoms with E-state index in [0.29, 0.717) is 5.92 Å². The summed E-state index contributed by atoms with van der Waals surface area (Å²) in [5, 5.41) is 3.50. The van der Waals surface area contributed by atoms with Crippen LogP contribution < -0.4 is 14.8 Å². The van der Waals surface area contributed by atoms with Gasteiger partial charge in [0.2, 0.25) is 0 Å². The molecule has 1 aromatic rings. The Balaban J connectivity index is 2.06. The monoisotopic (exact) mass is 233 g/mol. The minimum atomic E-state index is 0.665. The molecule has 2 unspecified atom stereocenters. The van der Waals surface area contributed by atoms with Crippen molar-refractivity contribution >= 4 is 0 Å². The molecular weight excluding hydrogens is 214 g/mol. The lowest BCUT2D eigenvalue weighted by atomic mass is 9.77. The summed E-state index contributed by atoms with van der Waals surface area (Å²) in [6.45, 7) is 2.27. The smallest absolute Gasteiger partial charge is 0.161 e. The van der Waals surface area contributed by atoms with E-state index in [1.54, 1.807) is 14.2 Å². The van der Waals surface area contributed by atoms with Crippen LogP contribution in [0.15, 0.2) is 12.1 Å². The van der Waals surface area contributed by atoms with E-state index in [-0.39, 0.29) is 0 Å². The van der Waals surface area contributed by atoms with Gasteiger partial charge in [-0.3, -0.25) is 0 Å². The van der Waals surface area contributed by atoms with Crippen molar-refractivity contribution in [3.8, 4) is 11.5 Å². The quantitative estimate of drug-likeness (QED) is 0.847. The summed E-state index contributed by atoms with van der Waals surface area (Å²) in [5.74, 6) is 3.19. The number of hydrogen-bond acceptors (Lipinski definition) is 3. The number of methoxy groups -OCH3 is 2. The van der Waals surface area contributed by atoms with Gasteiger partial charge in [-0.25, -0.2) is 0 Å². The number of rotatable bonds is 2. The van der Waals surface area contributed by atoms with Gasteiger partial charge in [0.15, 0.2) is 11.5 Å². The summed E-state index contributed by atoms with van der Waals surface area (Å²) in [6, 6.07) is 4.33. The lowest BCUT2D eigenvalue weighted by Gasteiger charge is -2.28. The van der Waals surface area contributed by atoms with Crippen LogP contribution in [0.2, 0.25) is 0 Å². The van der Waals surface area contributed by atoms with Crippen LogP contribution in [0.3, 0.4) is 0 Å². The molecule has 0 bridgehead atoms. The van der Waals surface area contributed by atoms with Crippen LogP contribution in [0, 0.1) is 5.92 Å². The van der Waals surface area contributed by atoms with Gasteiger partial charge in [-0.05, 0) is 48.6 Å². The van der Waals surface area contributed by atoms with E-state index in [9.17, 15) is 0 Å². The molecule has 1 heterocycles. The highest BCUT2D eigenvalue weighted by Crippen LogP contribution is 2.42. The summed E-state index contributed by atoms with van der Waals surface area (Å²) in [5.41, 5.74) is 2.90. The maximum absolute atomic E-state index is 5.41. The highest BCUT2D eigenvalue weighted by Gasteiger charge is 2.34. The van der Waals surface area contributed by atoms with Crippen molar-refractivity contribution in [2.24, 2.45) is 5.92 Å². The number of ether oxygens (including phenoxy) is 2. The molecule has 1 fully saturated rings. The number of fused-ring (bicyclic) bond motifs is 3. The molecule has 3 nitrogen and oxygen atoms in total. The Morgan fingerprint density at radius 2 is 1.88 bits per heavy atom. The molecule has 1 saturated heterocycles. The molecule has 0 saturated carbocycles. The first-order valence-electron chi connectivity index (χ1n) is 6.29. The Kier molecular flexibility index (Phi) is 2.71. The van der Waals surface area contributed by atoms with Crippen LogP contribution in [-0.2, 0) is 6.42 Å². The van der Waals surface area contributed by atoms with E-state index < -0.39 is 0 Å². The summed E-state index contributed by atoms with van der Waals surface area (Å²) in [6.07, 6.45) is 2.46. The molecule has 1 aliphatic carbocycles. The van der Waals surface area contributed by atoms with E-state index in [0.717, 1.165) is 24.0 Å². The topological polar surface area (TPSA) is 30.5 Å². The zero-order valence-electron chi connectivity index (χ0n) is 10.5. The van der Waals surface area contributed by atoms with Gasteiger partial charge in [0, 0.05) is 12.5 Å². The molecule has 3 rings (SSSR count). The molecule has 92 valence electrons. The van der Waals surface area contributed by atoms with Gasteiger partial charge in [-0.1, -0.05) is 0 Å². The lowest BCUT2D eigenvalue weighted by Crippen LogP contribution is -2.19. The van der Waals surface area contributed by atoms with Gasteiger partial charge in [-0.15, -0.1) is 0 Å². The Hall–Kier alpha value is -1.22. The van der Waals surface area contributed by atoms with E-state index in [1.807, 2.05) is 0 Å². The molecule has 1 N–H and O–H groups in total. The van der Waals surface area contributed by atoms with E-state index >= 15 is 0 Å². The third kappa shape index (κ3) is 1.69. The zero-order valence-corrected chi connectivity index (χ0v) is 10.5. The predicted octanol–water partition coefficient (Wildman–Crippen LogP) is 1.95. The van der Waals surface area contributed by atoms with Gasteiger partial charge < -0.3 is 14.8 Å². The average molecular weight is 233 g/mol. The third-order valence-corrected chi connectivity index (χ3v) is 4.17. The maximum Gasteiger partial charge on any atom is 0.161 e. The van der Waals surface area contributed by atoms with Crippen molar-refractivity contribution in [3.05, 3.63) is 23.3 Å². The summed E-state index contributed by atoms with van der Waals surface area (Å²) in [4.78, 5) is 0. The average Bonchev–Trinajstić information content (AvgIpc) is 2.85. The number of benzene rings is 1. The first-order chi connectivity index (χ1) is 8.33. The van der Waals surface area contributed by atoms with Crippen molar-refractivity contribution in [1.82, 2.24) is 5.32 Å². The van der Waals surface area contributed by atoms with Crippen molar-refractivity contribution in [2.45, 2.75) is 18.8 Å². The van der Waals surface area contributed by atoms with Gasteiger partial charge in [0.05, 0.1) is 14.2 Å². The summed E-state index contributed by atoms with van der Waals surface area (Å²) in [7, 11) is 3.41. The normalized spacial score (nSPS) is 26.2. The zero-order chi connectivity index (χ0) is 11.8. The molecule has 17 heavy (non-hydrogen) atoms. The lowest BCUT2D eigenvalue weighted by molar-refractivity contribution is 0.351. The molecule has 2 atom stereocenters. The van der Waals surface area contributed by atoms with Crippen LogP contribution in [0.1, 0.15) is 23.5 Å². The van der Waals surface area contributed by atoms with Crippen molar-refractivity contribution in [1.29, 1.82) is 0 Å². The maximum atomic E-state index is 5.41. The minimum Gasteiger partial charge on any atom is -0.493 e. The summed E-state index contributed by atoms with van der Waals surface area (Å²) < 4.78 is 10.8. The molecule has 0 aromatic heterocycles. The Morgan fingerprint density at radius 3 is 2.65 bits per heavy atom. The second-order valence-corrected chi connectivity index (χ2v) is 4.97. The molecule has 2 aliphatic rings. The predicted molar refractivity (Wildman–Crippen MR) is 67.0 cm³/mol. The number of hydrogen-bond donors (Lipinski definition) is 1. The fraction of sp³-hybridized carbons (Fsp3) is 0.571. The first-order valence-corrected chi connectivity index (χ1v) is 6.29. The first kappa shape index (κ1) is 10.9. The summed E-state index contributed by atoms with van der Waals surface area (Å²) >= 11 is 0. The van der Waals surface area contributed by atoms with Crippen LogP contribution >= 0.6 is 0 Å². The highest BCUT2D eigenvalue weighted by molar-refractivity contribution is 5.50. The van der Waals surface area contributed by atoms with E-state index in [1.165, 1.54) is 30.5 Å². The number of nitrogens with one attached hydrogen (secondary N) is 1. The molecule has 0 radical (unpaired) electrons. The second-order valence-electron chi connectivity index (χ2n) is 4.97. The minimum absolute atomic E-state index is 0.665. The third-order valence-electron chi connectivity index (χ3n) is 4.17. The van der Waals surface area contributed by atoms with Gasteiger partial charge in [-0.2, -0.15) is 0 Å². The molecule has 3 heteroatoms. The molecule has 0 spiro atoms. The molecule has 0 amide bonds. The Labute approximate surface area is 102 Å². The van der Waals surface area contributed by atoms with Crippen molar-refractivity contribution in [2.75, 3.05) is 27.3 Å². The van der Waals surface area contributed by atoms with Crippen molar-refractivity contribution in [3.63, 3.8) is 0 Å². The van der Waals surface area contributed by atoms with Gasteiger partial charge >= 0.3 is 0 Å². The molecule has 1 aromatic carbocycles. The fourth-order valence-electron chi connectivity index (χ4n) is 3.24. The Morgan fingerprint density at radius 1 is 1.12 bits per heavy atom. The SMILES string of the molecule is COc1cc2c(cc1OC)C1CNCC1CC2. The largest absolute Gasteiger partial charge is 0.493 e. The van der Waals surface area contributed by atoms with Gasteiger partial charge in [0.25, 0.3) is 0 Å². The number of aryl methyl sites for hydroxylation is 1. The van der Waals surface area contributed by atoms with E-state index in [4.69, 9.17) is 9.47 Å². The molecular formula is C14H19NO2. The van der Waals surface area contributed by atoms with E-state index in [2.05, 4.69) is 17.4 Å². The molecule has 1 aliphatic heterocycles. The van der Waals surface area contributed by atoms with Crippen LogP contribution in [0.5, 0.6) is 11.5 Å². The standard InChI is InChI=1S/C14H19NO2/c1-16-13-5-9-3-4-10-7-15-8-12(10)11(9)6-14(13)17-2/h5-6,10,12,15H,3-4,7-8H2,1-2H3. The van der Waals surface area contributed by atoms with Crippen LogP contribution in [-0.4, -0.2) is 27.3 Å². The van der Waals surface area contributed by atoms with Crippen molar-refractivity contribution < 1.29 is 9.47 Å². The van der Waals surface area contributed by atoms with Crippen LogP contribution in [0.25, 0.3) is 0 Å². The van der Waals surface area contributed by atoms with Crippen LogP contribution in [0.4, 0.5) is 0 Å². The Bertz CT molecular complexity index is 430. The second kappa shape index (κ2) is 4.22.